The Morgan fingerprint density at radius 1 is 1.19 bits per heavy atom. The third-order valence-electron chi connectivity index (χ3n) is 2.28. The summed E-state index contributed by atoms with van der Waals surface area (Å²) in [5.74, 6) is -1.16. The fourth-order valence-corrected chi connectivity index (χ4v) is 1.56. The van der Waals surface area contributed by atoms with Gasteiger partial charge in [0.05, 0.1) is 12.0 Å². The van der Waals surface area contributed by atoms with Crippen molar-refractivity contribution in [2.45, 2.75) is 13.1 Å². The molecule has 0 bridgehead atoms. The zero-order valence-electron chi connectivity index (χ0n) is 8.53. The summed E-state index contributed by atoms with van der Waals surface area (Å²) in [4.78, 5) is 3.93. The standard InChI is InChI=1S/C11H11F2N3/c12-9-1-8(2-10(13)3-9)6-16-7-15-5-11(16)4-14/h1-3,5,7H,4,6,14H2. The van der Waals surface area contributed by atoms with Crippen molar-refractivity contribution < 1.29 is 8.78 Å². The van der Waals surface area contributed by atoms with Gasteiger partial charge in [-0.05, 0) is 17.7 Å². The molecule has 0 aliphatic carbocycles. The number of aromatic nitrogens is 2. The van der Waals surface area contributed by atoms with E-state index >= 15 is 0 Å². The van der Waals surface area contributed by atoms with Crippen LogP contribution >= 0.6 is 0 Å². The maximum atomic E-state index is 12.9. The molecule has 0 saturated heterocycles. The Labute approximate surface area is 91.5 Å². The van der Waals surface area contributed by atoms with Crippen molar-refractivity contribution in [3.8, 4) is 0 Å². The molecule has 0 amide bonds. The van der Waals surface area contributed by atoms with Crippen LogP contribution in [0.3, 0.4) is 0 Å². The molecule has 5 heteroatoms. The van der Waals surface area contributed by atoms with Gasteiger partial charge in [0.2, 0.25) is 0 Å². The van der Waals surface area contributed by atoms with Crippen LogP contribution in [0.4, 0.5) is 8.78 Å². The van der Waals surface area contributed by atoms with Crippen molar-refractivity contribution in [2.24, 2.45) is 5.73 Å². The summed E-state index contributed by atoms with van der Waals surface area (Å²) < 4.78 is 27.7. The van der Waals surface area contributed by atoms with Crippen LogP contribution in [-0.4, -0.2) is 9.55 Å². The topological polar surface area (TPSA) is 43.8 Å². The van der Waals surface area contributed by atoms with E-state index in [2.05, 4.69) is 4.98 Å². The van der Waals surface area contributed by atoms with E-state index < -0.39 is 11.6 Å². The Hall–Kier alpha value is -1.75. The zero-order chi connectivity index (χ0) is 11.5. The minimum Gasteiger partial charge on any atom is -0.329 e. The smallest absolute Gasteiger partial charge is 0.126 e. The fourth-order valence-electron chi connectivity index (χ4n) is 1.56. The maximum Gasteiger partial charge on any atom is 0.126 e. The molecule has 0 aliphatic heterocycles. The molecule has 3 nitrogen and oxygen atoms in total. The third kappa shape index (κ3) is 2.25. The van der Waals surface area contributed by atoms with Crippen LogP contribution in [0.15, 0.2) is 30.7 Å². The summed E-state index contributed by atoms with van der Waals surface area (Å²) in [5.41, 5.74) is 6.87. The second-order valence-electron chi connectivity index (χ2n) is 3.49. The second kappa shape index (κ2) is 4.40. The number of hydrogen-bond acceptors (Lipinski definition) is 2. The van der Waals surface area contributed by atoms with Crippen molar-refractivity contribution in [3.05, 3.63) is 53.6 Å². The fraction of sp³-hybridized carbons (Fsp3) is 0.182. The van der Waals surface area contributed by atoms with Gasteiger partial charge in [0.15, 0.2) is 0 Å². The van der Waals surface area contributed by atoms with E-state index in [0.29, 0.717) is 18.7 Å². The Morgan fingerprint density at radius 2 is 1.88 bits per heavy atom. The third-order valence-corrected chi connectivity index (χ3v) is 2.28. The molecule has 0 saturated carbocycles. The molecule has 1 heterocycles. The Kier molecular flexibility index (Phi) is 2.96. The summed E-state index contributed by atoms with van der Waals surface area (Å²) >= 11 is 0. The Morgan fingerprint density at radius 3 is 2.50 bits per heavy atom. The van der Waals surface area contributed by atoms with Crippen LogP contribution in [0.1, 0.15) is 11.3 Å². The lowest BCUT2D eigenvalue weighted by Crippen LogP contribution is -2.07. The van der Waals surface area contributed by atoms with Crippen molar-refractivity contribution in [1.82, 2.24) is 9.55 Å². The highest BCUT2D eigenvalue weighted by Crippen LogP contribution is 2.10. The van der Waals surface area contributed by atoms with Crippen molar-refractivity contribution in [3.63, 3.8) is 0 Å². The molecule has 0 atom stereocenters. The van der Waals surface area contributed by atoms with E-state index in [4.69, 9.17) is 5.73 Å². The van der Waals surface area contributed by atoms with Gasteiger partial charge in [-0.25, -0.2) is 13.8 Å². The van der Waals surface area contributed by atoms with Gasteiger partial charge in [0.1, 0.15) is 11.6 Å². The van der Waals surface area contributed by atoms with E-state index in [9.17, 15) is 8.78 Å². The summed E-state index contributed by atoms with van der Waals surface area (Å²) in [6, 6.07) is 3.44. The first kappa shape index (κ1) is 10.8. The molecule has 2 aromatic rings. The summed E-state index contributed by atoms with van der Waals surface area (Å²) in [6.07, 6.45) is 3.22. The lowest BCUT2D eigenvalue weighted by molar-refractivity contribution is 0.576. The summed E-state index contributed by atoms with van der Waals surface area (Å²) in [6.45, 7) is 0.707. The number of nitrogens with zero attached hydrogens (tertiary/aromatic N) is 2. The highest BCUT2D eigenvalue weighted by molar-refractivity contribution is 5.19. The average molecular weight is 223 g/mol. The van der Waals surface area contributed by atoms with Crippen LogP contribution in [0.2, 0.25) is 0 Å². The quantitative estimate of drug-likeness (QED) is 0.860. The summed E-state index contributed by atoms with van der Waals surface area (Å²) in [5, 5.41) is 0. The van der Waals surface area contributed by atoms with Gasteiger partial charge < -0.3 is 10.3 Å². The number of nitrogens with two attached hydrogens (primary N) is 1. The van der Waals surface area contributed by atoms with E-state index in [-0.39, 0.29) is 0 Å². The van der Waals surface area contributed by atoms with Crippen LogP contribution in [-0.2, 0) is 13.1 Å². The van der Waals surface area contributed by atoms with E-state index in [1.165, 1.54) is 12.1 Å². The SMILES string of the molecule is NCc1cncn1Cc1cc(F)cc(F)c1. The van der Waals surface area contributed by atoms with Gasteiger partial charge in [-0.1, -0.05) is 0 Å². The molecular formula is C11H11F2N3. The first-order valence-electron chi connectivity index (χ1n) is 4.83. The zero-order valence-corrected chi connectivity index (χ0v) is 8.53. The molecule has 0 unspecified atom stereocenters. The first-order chi connectivity index (χ1) is 7.69. The van der Waals surface area contributed by atoms with E-state index in [0.717, 1.165) is 11.8 Å². The van der Waals surface area contributed by atoms with Crippen LogP contribution in [0, 0.1) is 11.6 Å². The van der Waals surface area contributed by atoms with Crippen LogP contribution in [0.25, 0.3) is 0 Å². The predicted octanol–water partition coefficient (Wildman–Crippen LogP) is 1.67. The molecule has 0 fully saturated rings. The average Bonchev–Trinajstić information content (AvgIpc) is 2.63. The number of halogens is 2. The maximum absolute atomic E-state index is 12.9. The number of imidazole rings is 1. The monoisotopic (exact) mass is 223 g/mol. The molecule has 1 aromatic heterocycles. The molecule has 16 heavy (non-hydrogen) atoms. The molecular weight excluding hydrogens is 212 g/mol. The summed E-state index contributed by atoms with van der Waals surface area (Å²) in [7, 11) is 0. The molecule has 0 aliphatic rings. The molecule has 0 spiro atoms. The van der Waals surface area contributed by atoms with Gasteiger partial charge >= 0.3 is 0 Å². The van der Waals surface area contributed by atoms with Crippen molar-refractivity contribution in [2.75, 3.05) is 0 Å². The van der Waals surface area contributed by atoms with Gasteiger partial charge in [0, 0.05) is 25.4 Å². The molecule has 84 valence electrons. The highest BCUT2D eigenvalue weighted by Gasteiger charge is 2.04. The normalized spacial score (nSPS) is 10.7. The van der Waals surface area contributed by atoms with Crippen LogP contribution < -0.4 is 5.73 Å². The number of benzene rings is 1. The van der Waals surface area contributed by atoms with Gasteiger partial charge in [0.25, 0.3) is 0 Å². The van der Waals surface area contributed by atoms with Gasteiger partial charge in [-0.3, -0.25) is 0 Å². The molecule has 0 radical (unpaired) electrons. The molecule has 2 rings (SSSR count). The molecule has 1 aromatic carbocycles. The van der Waals surface area contributed by atoms with Crippen LogP contribution in [0.5, 0.6) is 0 Å². The lowest BCUT2D eigenvalue weighted by Gasteiger charge is -2.06. The first-order valence-corrected chi connectivity index (χ1v) is 4.83. The second-order valence-corrected chi connectivity index (χ2v) is 3.49. The largest absolute Gasteiger partial charge is 0.329 e. The lowest BCUT2D eigenvalue weighted by atomic mass is 10.2. The Balaban J connectivity index is 2.26. The number of hydrogen-bond donors (Lipinski definition) is 1. The predicted molar refractivity (Wildman–Crippen MR) is 55.6 cm³/mol. The Bertz CT molecular complexity index is 473. The van der Waals surface area contributed by atoms with Gasteiger partial charge in [-0.2, -0.15) is 0 Å². The highest BCUT2D eigenvalue weighted by atomic mass is 19.1. The van der Waals surface area contributed by atoms with E-state index in [1.54, 1.807) is 17.1 Å². The van der Waals surface area contributed by atoms with Crippen molar-refractivity contribution in [1.29, 1.82) is 0 Å². The minimum absolute atomic E-state index is 0.345. The van der Waals surface area contributed by atoms with Gasteiger partial charge in [-0.15, -0.1) is 0 Å². The number of rotatable bonds is 3. The van der Waals surface area contributed by atoms with Crippen molar-refractivity contribution >= 4 is 0 Å². The molecule has 2 N–H and O–H groups in total. The minimum atomic E-state index is -0.579. The van der Waals surface area contributed by atoms with E-state index in [1.807, 2.05) is 0 Å².